The van der Waals surface area contributed by atoms with Crippen LogP contribution in [0.2, 0.25) is 0 Å². The molecule has 1 aromatic heterocycles. The Hall–Kier alpha value is -2.39. The number of epoxide rings is 1. The van der Waals surface area contributed by atoms with Gasteiger partial charge in [-0.25, -0.2) is 4.79 Å². The molecule has 1 aromatic rings. The summed E-state index contributed by atoms with van der Waals surface area (Å²) < 4.78 is 29.7. The third-order valence-electron chi connectivity index (χ3n) is 11.9. The molecule has 0 amide bonds. The maximum Gasteiger partial charge on any atom is 0.339 e. The van der Waals surface area contributed by atoms with Gasteiger partial charge in [0.2, 0.25) is 0 Å². The Morgan fingerprint density at radius 1 is 0.974 bits per heavy atom. The largest absolute Gasteiger partial charge is 0.472 e. The molecular weight excluding hydrogens is 504 g/mol. The van der Waals surface area contributed by atoms with Gasteiger partial charge in [0.15, 0.2) is 6.10 Å². The van der Waals surface area contributed by atoms with Crippen LogP contribution in [0.3, 0.4) is 0 Å². The highest BCUT2D eigenvalue weighted by Gasteiger charge is 2.88. The lowest BCUT2D eigenvalue weighted by atomic mass is 9.34. The van der Waals surface area contributed by atoms with E-state index in [0.29, 0.717) is 25.7 Å². The van der Waals surface area contributed by atoms with Crippen molar-refractivity contribution < 1.29 is 42.9 Å². The fourth-order valence-corrected chi connectivity index (χ4v) is 10.2. The van der Waals surface area contributed by atoms with Gasteiger partial charge in [-0.05, 0) is 37.2 Å². The molecule has 2 aliphatic heterocycles. The molecule has 1 N–H and O–H groups in total. The summed E-state index contributed by atoms with van der Waals surface area (Å²) in [6.07, 6.45) is 2.18. The van der Waals surface area contributed by atoms with Crippen molar-refractivity contribution in [1.29, 1.82) is 0 Å². The van der Waals surface area contributed by atoms with Gasteiger partial charge < -0.3 is 28.5 Å². The SMILES string of the molecule is CC(=O)O[C@H]1C[C@@H](OC(C)=O)C(C)(C)[C@H]2C[C@@H](O)[C@@]3(C)[C@@H](CC[C@]4(C)[C@H](c5ccoc5)OC(=O)[C@@H]5O[C@@]534)[C@@]12C. The van der Waals surface area contributed by atoms with E-state index in [-0.39, 0.29) is 17.8 Å². The summed E-state index contributed by atoms with van der Waals surface area (Å²) >= 11 is 0. The Morgan fingerprint density at radius 2 is 1.64 bits per heavy atom. The molecule has 9 heteroatoms. The van der Waals surface area contributed by atoms with Crippen LogP contribution >= 0.6 is 0 Å². The third-order valence-corrected chi connectivity index (χ3v) is 11.9. The van der Waals surface area contributed by atoms with Gasteiger partial charge in [-0.1, -0.05) is 34.6 Å². The number of fused-ring (bicyclic) bond motifs is 3. The van der Waals surface area contributed by atoms with E-state index < -0.39 is 69.7 Å². The van der Waals surface area contributed by atoms with E-state index in [1.807, 2.05) is 6.07 Å². The van der Waals surface area contributed by atoms with E-state index >= 15 is 0 Å². The summed E-state index contributed by atoms with van der Waals surface area (Å²) in [4.78, 5) is 37.8. The lowest BCUT2D eigenvalue weighted by Gasteiger charge is -2.71. The number of carbonyl (C=O) groups excluding carboxylic acids is 3. The fraction of sp³-hybridized carbons (Fsp3) is 0.767. The maximum absolute atomic E-state index is 13.3. The predicted molar refractivity (Wildman–Crippen MR) is 136 cm³/mol. The first-order chi connectivity index (χ1) is 18.2. The normalized spacial score (nSPS) is 49.3. The number of ether oxygens (including phenoxy) is 4. The molecule has 9 nitrogen and oxygen atoms in total. The molecule has 3 saturated carbocycles. The van der Waals surface area contributed by atoms with Gasteiger partial charge in [0.05, 0.1) is 18.6 Å². The summed E-state index contributed by atoms with van der Waals surface area (Å²) in [5, 5.41) is 12.2. The van der Waals surface area contributed by atoms with Gasteiger partial charge in [-0.15, -0.1) is 0 Å². The zero-order valence-corrected chi connectivity index (χ0v) is 23.8. The second-order valence-corrected chi connectivity index (χ2v) is 13.8. The third kappa shape index (κ3) is 3.12. The molecule has 0 unspecified atom stereocenters. The molecule has 2 saturated heterocycles. The number of rotatable bonds is 3. The average Bonchev–Trinajstić information content (AvgIpc) is 3.41. The molecule has 3 heterocycles. The maximum atomic E-state index is 13.3. The van der Waals surface area contributed by atoms with Crippen molar-refractivity contribution in [2.75, 3.05) is 0 Å². The lowest BCUT2D eigenvalue weighted by molar-refractivity contribution is -0.296. The van der Waals surface area contributed by atoms with Gasteiger partial charge in [0.25, 0.3) is 0 Å². The molecule has 0 radical (unpaired) electrons. The molecule has 0 aromatic carbocycles. The van der Waals surface area contributed by atoms with Crippen molar-refractivity contribution in [2.45, 2.75) is 110 Å². The summed E-state index contributed by atoms with van der Waals surface area (Å²) in [5.41, 5.74) is -2.68. The first-order valence-electron chi connectivity index (χ1n) is 14.1. The number of aliphatic hydroxyl groups is 1. The van der Waals surface area contributed by atoms with Crippen LogP contribution in [0.1, 0.15) is 85.8 Å². The van der Waals surface area contributed by atoms with Gasteiger partial charge in [-0.2, -0.15) is 0 Å². The molecule has 0 bridgehead atoms. The van der Waals surface area contributed by atoms with Gasteiger partial charge >= 0.3 is 17.9 Å². The van der Waals surface area contributed by atoms with E-state index in [2.05, 4.69) is 34.6 Å². The van der Waals surface area contributed by atoms with Crippen molar-refractivity contribution in [1.82, 2.24) is 0 Å². The molecule has 5 aliphatic rings. The second kappa shape index (κ2) is 8.09. The number of hydrogen-bond donors (Lipinski definition) is 1. The molecule has 39 heavy (non-hydrogen) atoms. The smallest absolute Gasteiger partial charge is 0.339 e. The van der Waals surface area contributed by atoms with Crippen molar-refractivity contribution in [3.63, 3.8) is 0 Å². The molecule has 214 valence electrons. The molecule has 6 rings (SSSR count). The minimum absolute atomic E-state index is 0.126. The summed E-state index contributed by atoms with van der Waals surface area (Å²) in [6, 6.07) is 1.82. The zero-order valence-electron chi connectivity index (χ0n) is 23.8. The first kappa shape index (κ1) is 26.8. The number of aliphatic hydroxyl groups excluding tert-OH is 1. The van der Waals surface area contributed by atoms with E-state index in [0.717, 1.165) is 5.56 Å². The van der Waals surface area contributed by atoms with E-state index in [1.54, 1.807) is 12.5 Å². The van der Waals surface area contributed by atoms with Crippen LogP contribution in [0.15, 0.2) is 23.0 Å². The summed E-state index contributed by atoms with van der Waals surface area (Å²) in [6.45, 7) is 13.3. The first-order valence-corrected chi connectivity index (χ1v) is 14.1. The second-order valence-electron chi connectivity index (χ2n) is 13.8. The number of hydrogen-bond acceptors (Lipinski definition) is 9. The Balaban J connectivity index is 1.49. The lowest BCUT2D eigenvalue weighted by Crippen LogP contribution is -2.75. The summed E-state index contributed by atoms with van der Waals surface area (Å²) in [7, 11) is 0. The average molecular weight is 545 g/mol. The fourth-order valence-electron chi connectivity index (χ4n) is 10.2. The van der Waals surface area contributed by atoms with Crippen molar-refractivity contribution in [3.05, 3.63) is 24.2 Å². The number of esters is 3. The molecule has 3 aliphatic carbocycles. The van der Waals surface area contributed by atoms with Crippen LogP contribution in [0.4, 0.5) is 0 Å². The Labute approximate surface area is 228 Å². The number of cyclic esters (lactones) is 1. The molecular formula is C30H40O9. The molecule has 1 spiro atoms. The van der Waals surface area contributed by atoms with Crippen molar-refractivity contribution >= 4 is 17.9 Å². The number of carbonyl (C=O) groups is 3. The predicted octanol–water partition coefficient (Wildman–Crippen LogP) is 4.12. The van der Waals surface area contributed by atoms with Crippen LogP contribution in [0, 0.1) is 33.5 Å². The van der Waals surface area contributed by atoms with Crippen LogP contribution in [-0.2, 0) is 33.3 Å². The standard InChI is InChI=1S/C30H40O9/c1-15(31)36-21-13-22(37-16(2)32)28(6)18-8-10-27(5)23(17-9-11-35-14-17)38-25(34)24-30(27,39-24)29(18,7)20(33)12-19(28)26(21,3)4/h9,11,14,18-24,33H,8,10,12-13H2,1-7H3/t18-,19+,20+,21+,22-,23-,24-,27+,28+,29+,30+/m0/s1. The van der Waals surface area contributed by atoms with Crippen LogP contribution in [-0.4, -0.2) is 53.0 Å². The Morgan fingerprint density at radius 3 is 2.26 bits per heavy atom. The zero-order chi connectivity index (χ0) is 28.3. The van der Waals surface area contributed by atoms with Gasteiger partial charge in [0, 0.05) is 47.5 Å². The quantitative estimate of drug-likeness (QED) is 0.340. The monoisotopic (exact) mass is 544 g/mol. The topological polar surface area (TPSA) is 125 Å². The minimum Gasteiger partial charge on any atom is -0.472 e. The Bertz CT molecular complexity index is 1210. The van der Waals surface area contributed by atoms with E-state index in [9.17, 15) is 19.5 Å². The summed E-state index contributed by atoms with van der Waals surface area (Å²) in [5.74, 6) is -1.47. The van der Waals surface area contributed by atoms with Crippen molar-refractivity contribution in [2.24, 2.45) is 33.5 Å². The highest BCUT2D eigenvalue weighted by molar-refractivity contribution is 5.82. The van der Waals surface area contributed by atoms with Gasteiger partial charge in [-0.3, -0.25) is 9.59 Å². The van der Waals surface area contributed by atoms with E-state index in [1.165, 1.54) is 13.8 Å². The molecule has 5 fully saturated rings. The molecule has 11 atom stereocenters. The Kier molecular flexibility index (Phi) is 5.56. The van der Waals surface area contributed by atoms with Gasteiger partial charge in [0.1, 0.15) is 23.9 Å². The van der Waals surface area contributed by atoms with Crippen molar-refractivity contribution in [3.8, 4) is 0 Å². The highest BCUT2D eigenvalue weighted by Crippen LogP contribution is 2.80. The minimum atomic E-state index is -0.953. The van der Waals surface area contributed by atoms with E-state index in [4.69, 9.17) is 23.4 Å². The highest BCUT2D eigenvalue weighted by atomic mass is 16.7. The van der Waals surface area contributed by atoms with Crippen LogP contribution in [0.25, 0.3) is 0 Å². The van der Waals surface area contributed by atoms with Crippen LogP contribution in [0.5, 0.6) is 0 Å². The number of furan rings is 1. The van der Waals surface area contributed by atoms with Crippen LogP contribution < -0.4 is 0 Å².